The number of nitrogens with one attached hydrogen (secondary N) is 1. The molecule has 0 unspecified atom stereocenters. The van der Waals surface area contributed by atoms with Gasteiger partial charge in [0.2, 0.25) is 0 Å². The Hall–Kier alpha value is -1.36. The first-order chi connectivity index (χ1) is 7.25. The molecule has 1 heterocycles. The van der Waals surface area contributed by atoms with Gasteiger partial charge in [0.15, 0.2) is 6.39 Å². The molecule has 0 atom stereocenters. The van der Waals surface area contributed by atoms with Crippen molar-refractivity contribution in [3.05, 3.63) is 46.8 Å². The third kappa shape index (κ3) is 2.56. The second-order valence-corrected chi connectivity index (χ2v) is 3.80. The number of aromatic nitrogens is 1. The van der Waals surface area contributed by atoms with Gasteiger partial charge in [-0.15, -0.1) is 0 Å². The normalized spacial score (nSPS) is 10.3. The van der Waals surface area contributed by atoms with E-state index >= 15 is 0 Å². The summed E-state index contributed by atoms with van der Waals surface area (Å²) in [6, 6.07) is 4.85. The highest BCUT2D eigenvalue weighted by Crippen LogP contribution is 2.19. The average Bonchev–Trinajstić information content (AvgIpc) is 2.73. The van der Waals surface area contributed by atoms with Crippen molar-refractivity contribution in [1.29, 1.82) is 0 Å². The fourth-order valence-electron chi connectivity index (χ4n) is 1.12. The van der Waals surface area contributed by atoms with Gasteiger partial charge < -0.3 is 9.73 Å². The first-order valence-electron chi connectivity index (χ1n) is 4.32. The molecule has 0 saturated heterocycles. The van der Waals surface area contributed by atoms with Crippen LogP contribution in [0.4, 0.5) is 10.1 Å². The summed E-state index contributed by atoms with van der Waals surface area (Å²) in [5.74, 6) is 0.413. The lowest BCUT2D eigenvalue weighted by molar-refractivity contribution is 0.511. The third-order valence-corrected chi connectivity index (χ3v) is 2.51. The van der Waals surface area contributed by atoms with Crippen LogP contribution in [-0.2, 0) is 6.54 Å². The summed E-state index contributed by atoms with van der Waals surface area (Å²) in [4.78, 5) is 3.78. The molecule has 15 heavy (non-hydrogen) atoms. The monoisotopic (exact) mass is 270 g/mol. The van der Waals surface area contributed by atoms with E-state index in [4.69, 9.17) is 4.42 Å². The molecule has 0 bridgehead atoms. The zero-order valence-electron chi connectivity index (χ0n) is 7.71. The van der Waals surface area contributed by atoms with E-state index in [9.17, 15) is 4.39 Å². The Balaban J connectivity index is 2.02. The number of nitrogens with zero attached hydrogens (tertiary/aromatic N) is 1. The summed E-state index contributed by atoms with van der Waals surface area (Å²) in [6.07, 6.45) is 2.97. The molecule has 0 fully saturated rings. The molecule has 2 aromatic rings. The number of oxazole rings is 1. The van der Waals surface area contributed by atoms with Crippen molar-refractivity contribution in [2.75, 3.05) is 5.32 Å². The summed E-state index contributed by atoms with van der Waals surface area (Å²) in [5.41, 5.74) is 0.701. The topological polar surface area (TPSA) is 38.1 Å². The molecule has 0 radical (unpaired) electrons. The van der Waals surface area contributed by atoms with Crippen LogP contribution in [0.1, 0.15) is 5.76 Å². The lowest BCUT2D eigenvalue weighted by Gasteiger charge is -2.04. The molecule has 1 aromatic heterocycles. The van der Waals surface area contributed by atoms with Crippen LogP contribution in [-0.4, -0.2) is 4.98 Å². The Morgan fingerprint density at radius 1 is 1.47 bits per heavy atom. The number of halogens is 2. The Labute approximate surface area is 94.5 Å². The van der Waals surface area contributed by atoms with Crippen LogP contribution in [0.25, 0.3) is 0 Å². The summed E-state index contributed by atoms with van der Waals surface area (Å²) in [6.45, 7) is 0.487. The number of benzene rings is 1. The molecule has 0 aliphatic carbocycles. The van der Waals surface area contributed by atoms with E-state index in [-0.39, 0.29) is 5.82 Å². The molecule has 0 saturated carbocycles. The average molecular weight is 271 g/mol. The van der Waals surface area contributed by atoms with Gasteiger partial charge in [-0.05, 0) is 34.1 Å². The minimum atomic E-state index is -0.294. The minimum absolute atomic E-state index is 0.294. The Morgan fingerprint density at radius 3 is 3.00 bits per heavy atom. The van der Waals surface area contributed by atoms with Gasteiger partial charge in [-0.3, -0.25) is 0 Å². The molecular formula is C10H8BrFN2O. The molecular weight excluding hydrogens is 263 g/mol. The van der Waals surface area contributed by atoms with Crippen LogP contribution in [0.2, 0.25) is 0 Å². The van der Waals surface area contributed by atoms with E-state index in [1.54, 1.807) is 18.3 Å². The van der Waals surface area contributed by atoms with Crippen LogP contribution >= 0.6 is 15.9 Å². The second kappa shape index (κ2) is 4.44. The number of anilines is 1. The van der Waals surface area contributed by atoms with E-state index in [1.807, 2.05) is 0 Å². The SMILES string of the molecule is Fc1cc(NCc2cnco2)ccc1Br. The molecule has 0 aliphatic heterocycles. The standard InChI is InChI=1S/C10H8BrFN2O/c11-9-2-1-7(3-10(9)12)14-5-8-4-13-6-15-8/h1-4,6,14H,5H2. The zero-order valence-corrected chi connectivity index (χ0v) is 9.29. The highest BCUT2D eigenvalue weighted by atomic mass is 79.9. The van der Waals surface area contributed by atoms with Crippen LogP contribution in [0.15, 0.2) is 39.7 Å². The summed E-state index contributed by atoms with van der Waals surface area (Å²) < 4.78 is 18.6. The van der Waals surface area contributed by atoms with Crippen molar-refractivity contribution in [2.45, 2.75) is 6.54 Å². The molecule has 2 rings (SSSR count). The second-order valence-electron chi connectivity index (χ2n) is 2.95. The number of hydrogen-bond acceptors (Lipinski definition) is 3. The quantitative estimate of drug-likeness (QED) is 0.931. The van der Waals surface area contributed by atoms with Crippen molar-refractivity contribution in [1.82, 2.24) is 4.98 Å². The maximum atomic E-state index is 13.1. The van der Waals surface area contributed by atoms with Gasteiger partial charge in [-0.25, -0.2) is 9.37 Å². The van der Waals surface area contributed by atoms with E-state index < -0.39 is 0 Å². The first-order valence-corrected chi connectivity index (χ1v) is 5.11. The fourth-order valence-corrected chi connectivity index (χ4v) is 1.37. The summed E-state index contributed by atoms with van der Waals surface area (Å²) in [5, 5.41) is 3.02. The van der Waals surface area contributed by atoms with Gasteiger partial charge in [-0.1, -0.05) is 0 Å². The smallest absolute Gasteiger partial charge is 0.180 e. The van der Waals surface area contributed by atoms with Gasteiger partial charge in [0.05, 0.1) is 17.2 Å². The van der Waals surface area contributed by atoms with Crippen LogP contribution in [0.3, 0.4) is 0 Å². The predicted molar refractivity (Wildman–Crippen MR) is 57.9 cm³/mol. The summed E-state index contributed by atoms with van der Waals surface area (Å²) in [7, 11) is 0. The molecule has 78 valence electrons. The molecule has 0 aliphatic rings. The van der Waals surface area contributed by atoms with Gasteiger partial charge in [0, 0.05) is 5.69 Å². The van der Waals surface area contributed by atoms with Crippen molar-refractivity contribution in [3.63, 3.8) is 0 Å². The van der Waals surface area contributed by atoms with E-state index in [0.717, 1.165) is 0 Å². The van der Waals surface area contributed by atoms with Crippen LogP contribution in [0, 0.1) is 5.82 Å². The maximum absolute atomic E-state index is 13.1. The molecule has 0 amide bonds. The maximum Gasteiger partial charge on any atom is 0.180 e. The van der Waals surface area contributed by atoms with Crippen molar-refractivity contribution in [3.8, 4) is 0 Å². The van der Waals surface area contributed by atoms with E-state index in [0.29, 0.717) is 22.5 Å². The first kappa shape index (κ1) is 10.2. The number of rotatable bonds is 3. The Kier molecular flexibility index (Phi) is 3.01. The van der Waals surface area contributed by atoms with Crippen LogP contribution < -0.4 is 5.32 Å². The van der Waals surface area contributed by atoms with Gasteiger partial charge in [-0.2, -0.15) is 0 Å². The van der Waals surface area contributed by atoms with Crippen molar-refractivity contribution in [2.24, 2.45) is 0 Å². The van der Waals surface area contributed by atoms with Gasteiger partial charge >= 0.3 is 0 Å². The minimum Gasteiger partial charge on any atom is -0.447 e. The highest BCUT2D eigenvalue weighted by molar-refractivity contribution is 9.10. The van der Waals surface area contributed by atoms with E-state index in [2.05, 4.69) is 26.2 Å². The molecule has 5 heteroatoms. The van der Waals surface area contributed by atoms with Gasteiger partial charge in [0.1, 0.15) is 11.6 Å². The Bertz CT molecular complexity index is 445. The fraction of sp³-hybridized carbons (Fsp3) is 0.100. The number of hydrogen-bond donors (Lipinski definition) is 1. The van der Waals surface area contributed by atoms with Crippen LogP contribution in [0.5, 0.6) is 0 Å². The predicted octanol–water partition coefficient (Wildman–Crippen LogP) is 3.19. The van der Waals surface area contributed by atoms with E-state index in [1.165, 1.54) is 12.5 Å². The van der Waals surface area contributed by atoms with Gasteiger partial charge in [0.25, 0.3) is 0 Å². The molecule has 1 aromatic carbocycles. The van der Waals surface area contributed by atoms with Crippen molar-refractivity contribution >= 4 is 21.6 Å². The Morgan fingerprint density at radius 2 is 2.33 bits per heavy atom. The molecule has 0 spiro atoms. The molecule has 1 N–H and O–H groups in total. The third-order valence-electron chi connectivity index (χ3n) is 1.87. The molecule has 3 nitrogen and oxygen atoms in total. The highest BCUT2D eigenvalue weighted by Gasteiger charge is 2.01. The zero-order chi connectivity index (χ0) is 10.7. The lowest BCUT2D eigenvalue weighted by Crippen LogP contribution is -1.98. The summed E-state index contributed by atoms with van der Waals surface area (Å²) >= 11 is 3.09. The lowest BCUT2D eigenvalue weighted by atomic mass is 10.3. The largest absolute Gasteiger partial charge is 0.447 e. The van der Waals surface area contributed by atoms with Crippen molar-refractivity contribution < 1.29 is 8.81 Å².